The third-order valence-electron chi connectivity index (χ3n) is 2.80. The van der Waals surface area contributed by atoms with Gasteiger partial charge in [-0.15, -0.1) is 0 Å². The van der Waals surface area contributed by atoms with E-state index < -0.39 is 0 Å². The summed E-state index contributed by atoms with van der Waals surface area (Å²) in [7, 11) is 0. The van der Waals surface area contributed by atoms with Gasteiger partial charge in [0.25, 0.3) is 0 Å². The van der Waals surface area contributed by atoms with Crippen LogP contribution in [-0.4, -0.2) is 24.5 Å². The lowest BCUT2D eigenvalue weighted by atomic mass is 9.96. The Morgan fingerprint density at radius 2 is 2.20 bits per heavy atom. The van der Waals surface area contributed by atoms with Crippen LogP contribution in [0.2, 0.25) is 0 Å². The maximum absolute atomic E-state index is 5.52. The van der Waals surface area contributed by atoms with E-state index in [-0.39, 0.29) is 0 Å². The van der Waals surface area contributed by atoms with Crippen molar-refractivity contribution in [3.8, 4) is 0 Å². The van der Waals surface area contributed by atoms with E-state index in [9.17, 15) is 0 Å². The van der Waals surface area contributed by atoms with Gasteiger partial charge in [0.05, 0.1) is 0 Å². The smallest absolute Gasteiger partial charge is 0.0363 e. The van der Waals surface area contributed by atoms with Crippen LogP contribution in [0.4, 0.5) is 0 Å². The summed E-state index contributed by atoms with van der Waals surface area (Å²) in [5, 5.41) is 0. The molecule has 2 rings (SSSR count). The molecule has 80 valence electrons. The first-order valence-corrected chi connectivity index (χ1v) is 5.57. The third kappa shape index (κ3) is 2.60. The van der Waals surface area contributed by atoms with Crippen LogP contribution >= 0.6 is 0 Å². The fourth-order valence-corrected chi connectivity index (χ4v) is 1.94. The molecule has 0 aromatic heterocycles. The Morgan fingerprint density at radius 3 is 2.80 bits per heavy atom. The van der Waals surface area contributed by atoms with Crippen LogP contribution in [0, 0.1) is 0 Å². The van der Waals surface area contributed by atoms with Crippen molar-refractivity contribution >= 4 is 0 Å². The van der Waals surface area contributed by atoms with E-state index in [0.717, 1.165) is 32.5 Å². The Labute approximate surface area is 91.4 Å². The second kappa shape index (κ2) is 4.99. The molecule has 0 bridgehead atoms. The molecule has 1 aliphatic carbocycles. The first-order valence-electron chi connectivity index (χ1n) is 5.57. The number of nitrogens with two attached hydrogens (primary N) is 1. The third-order valence-corrected chi connectivity index (χ3v) is 2.80. The van der Waals surface area contributed by atoms with Gasteiger partial charge in [-0.2, -0.15) is 0 Å². The highest BCUT2D eigenvalue weighted by atomic mass is 15.1. The molecule has 0 atom stereocenters. The maximum atomic E-state index is 5.52. The molecule has 0 radical (unpaired) electrons. The monoisotopic (exact) mass is 202 g/mol. The van der Waals surface area contributed by atoms with Gasteiger partial charge >= 0.3 is 0 Å². The van der Waals surface area contributed by atoms with Crippen molar-refractivity contribution in [1.82, 2.24) is 4.90 Å². The van der Waals surface area contributed by atoms with Crippen molar-refractivity contribution in [1.29, 1.82) is 0 Å². The predicted molar refractivity (Wildman–Crippen MR) is 64.3 cm³/mol. The van der Waals surface area contributed by atoms with Crippen LogP contribution in [0.3, 0.4) is 0 Å². The largest absolute Gasteiger partial charge is 0.372 e. The molecular weight excluding hydrogens is 184 g/mol. The Bertz CT molecular complexity index is 334. The van der Waals surface area contributed by atoms with Crippen molar-refractivity contribution in [3.05, 3.63) is 47.7 Å². The van der Waals surface area contributed by atoms with Crippen LogP contribution in [0.5, 0.6) is 0 Å². The lowest BCUT2D eigenvalue weighted by Gasteiger charge is -2.23. The van der Waals surface area contributed by atoms with E-state index in [1.807, 2.05) is 0 Å². The molecular formula is C13H18N2. The summed E-state index contributed by atoms with van der Waals surface area (Å²) in [5.41, 5.74) is 8.36. The number of hydrogen-bond donors (Lipinski definition) is 1. The van der Waals surface area contributed by atoms with Gasteiger partial charge in [-0.3, -0.25) is 0 Å². The quantitative estimate of drug-likeness (QED) is 0.709. The van der Waals surface area contributed by atoms with Gasteiger partial charge < -0.3 is 10.6 Å². The standard InChI is InChI=1S/C13H18N2/c14-8-11-15-9-6-13(7-10-15)12-4-2-1-3-5-12/h1-2,5-7,9H,3-4,8,10-11,14H2. The second-order valence-electron chi connectivity index (χ2n) is 3.90. The van der Waals surface area contributed by atoms with Crippen molar-refractivity contribution in [2.45, 2.75) is 12.8 Å². The summed E-state index contributed by atoms with van der Waals surface area (Å²) in [6.07, 6.45) is 15.6. The summed E-state index contributed by atoms with van der Waals surface area (Å²) in [6.45, 7) is 2.66. The van der Waals surface area contributed by atoms with E-state index in [2.05, 4.69) is 41.5 Å². The Balaban J connectivity index is 1.96. The summed E-state index contributed by atoms with van der Waals surface area (Å²) in [4.78, 5) is 2.24. The first-order chi connectivity index (χ1) is 7.40. The average molecular weight is 202 g/mol. The fraction of sp³-hybridized carbons (Fsp3) is 0.385. The highest BCUT2D eigenvalue weighted by Crippen LogP contribution is 2.22. The molecule has 0 spiro atoms. The number of allylic oxidation sites excluding steroid dienone is 6. The molecule has 0 unspecified atom stereocenters. The number of nitrogens with zero attached hydrogens (tertiary/aromatic N) is 1. The zero-order valence-electron chi connectivity index (χ0n) is 9.02. The van der Waals surface area contributed by atoms with E-state index in [4.69, 9.17) is 5.73 Å². The summed E-state index contributed by atoms with van der Waals surface area (Å²) < 4.78 is 0. The molecule has 2 aliphatic rings. The van der Waals surface area contributed by atoms with Gasteiger partial charge in [-0.1, -0.05) is 24.3 Å². The summed E-state index contributed by atoms with van der Waals surface area (Å²) >= 11 is 0. The number of rotatable bonds is 3. The predicted octanol–water partition coefficient (Wildman–Crippen LogP) is 1.98. The summed E-state index contributed by atoms with van der Waals surface area (Å²) in [5.74, 6) is 0. The van der Waals surface area contributed by atoms with Crippen LogP contribution in [0.25, 0.3) is 0 Å². The normalized spacial score (nSPS) is 20.2. The summed E-state index contributed by atoms with van der Waals surface area (Å²) in [6, 6.07) is 0. The molecule has 1 heterocycles. The van der Waals surface area contributed by atoms with E-state index >= 15 is 0 Å². The van der Waals surface area contributed by atoms with E-state index in [1.165, 1.54) is 11.1 Å². The lowest BCUT2D eigenvalue weighted by Crippen LogP contribution is -2.26. The van der Waals surface area contributed by atoms with E-state index in [0.29, 0.717) is 0 Å². The Morgan fingerprint density at radius 1 is 1.27 bits per heavy atom. The molecule has 0 saturated heterocycles. The molecule has 2 heteroatoms. The fourth-order valence-electron chi connectivity index (χ4n) is 1.94. The second-order valence-corrected chi connectivity index (χ2v) is 3.90. The van der Waals surface area contributed by atoms with Gasteiger partial charge in [-0.05, 0) is 36.3 Å². The Kier molecular flexibility index (Phi) is 3.41. The van der Waals surface area contributed by atoms with Gasteiger partial charge in [0, 0.05) is 19.6 Å². The highest BCUT2D eigenvalue weighted by Gasteiger charge is 2.07. The van der Waals surface area contributed by atoms with Crippen molar-refractivity contribution in [2.24, 2.45) is 5.73 Å². The van der Waals surface area contributed by atoms with Gasteiger partial charge in [0.2, 0.25) is 0 Å². The van der Waals surface area contributed by atoms with Crippen LogP contribution < -0.4 is 5.73 Å². The average Bonchev–Trinajstić information content (AvgIpc) is 2.32. The van der Waals surface area contributed by atoms with Gasteiger partial charge in [0.1, 0.15) is 0 Å². The van der Waals surface area contributed by atoms with E-state index in [1.54, 1.807) is 0 Å². The Hall–Kier alpha value is -1.28. The van der Waals surface area contributed by atoms with Crippen LogP contribution in [0.15, 0.2) is 47.7 Å². The zero-order chi connectivity index (χ0) is 10.5. The lowest BCUT2D eigenvalue weighted by molar-refractivity contribution is 0.421. The molecule has 0 aromatic carbocycles. The maximum Gasteiger partial charge on any atom is 0.0363 e. The molecule has 1 aliphatic heterocycles. The minimum absolute atomic E-state index is 0.721. The topological polar surface area (TPSA) is 29.3 Å². The van der Waals surface area contributed by atoms with Gasteiger partial charge in [0.15, 0.2) is 0 Å². The van der Waals surface area contributed by atoms with Crippen LogP contribution in [0.1, 0.15) is 12.8 Å². The highest BCUT2D eigenvalue weighted by molar-refractivity contribution is 5.43. The molecule has 15 heavy (non-hydrogen) atoms. The minimum atomic E-state index is 0.721. The van der Waals surface area contributed by atoms with Crippen molar-refractivity contribution in [3.63, 3.8) is 0 Å². The molecule has 2 nitrogen and oxygen atoms in total. The SMILES string of the molecule is NCCN1C=CC(C2=CCC=CC2)=CC1. The molecule has 0 amide bonds. The van der Waals surface area contributed by atoms with Gasteiger partial charge in [-0.25, -0.2) is 0 Å². The molecule has 2 N–H and O–H groups in total. The van der Waals surface area contributed by atoms with Crippen LogP contribution in [-0.2, 0) is 0 Å². The molecule has 0 aromatic rings. The number of hydrogen-bond acceptors (Lipinski definition) is 2. The first kappa shape index (κ1) is 10.2. The van der Waals surface area contributed by atoms with Crippen molar-refractivity contribution in [2.75, 3.05) is 19.6 Å². The minimum Gasteiger partial charge on any atom is -0.372 e. The molecule has 0 fully saturated rings. The van der Waals surface area contributed by atoms with Crippen molar-refractivity contribution < 1.29 is 0 Å². The molecule has 0 saturated carbocycles. The zero-order valence-corrected chi connectivity index (χ0v) is 9.02.